The quantitative estimate of drug-likeness (QED) is 0.672. The van der Waals surface area contributed by atoms with E-state index >= 15 is 0 Å². The van der Waals surface area contributed by atoms with Crippen LogP contribution in [0.2, 0.25) is 0 Å². The van der Waals surface area contributed by atoms with Gasteiger partial charge in [0.25, 0.3) is 0 Å². The van der Waals surface area contributed by atoms with Crippen molar-refractivity contribution < 1.29 is 13.6 Å². The van der Waals surface area contributed by atoms with E-state index in [0.29, 0.717) is 4.31 Å². The van der Waals surface area contributed by atoms with E-state index in [2.05, 4.69) is 12.8 Å². The van der Waals surface area contributed by atoms with Gasteiger partial charge in [0.1, 0.15) is 5.69 Å². The third kappa shape index (κ3) is 1.89. The Balaban J connectivity index is 3.20. The Morgan fingerprint density at radius 2 is 1.85 bits per heavy atom. The third-order valence-corrected chi connectivity index (χ3v) is 1.76. The minimum absolute atomic E-state index is 0.407. The first kappa shape index (κ1) is 9.79. The summed E-state index contributed by atoms with van der Waals surface area (Å²) in [6.07, 6.45) is 0. The van der Waals surface area contributed by atoms with Crippen molar-refractivity contribution in [1.29, 1.82) is 0 Å². The Kier molecular flexibility index (Phi) is 2.72. The number of nitrogens with zero attached hydrogens (tertiary/aromatic N) is 1. The number of carbonyl (C=O) groups is 1. The zero-order valence-electron chi connectivity index (χ0n) is 6.37. The highest BCUT2D eigenvalue weighted by molar-refractivity contribution is 7.82. The molecule has 3 nitrogen and oxygen atoms in total. The molecule has 2 N–H and O–H groups in total. The van der Waals surface area contributed by atoms with Gasteiger partial charge in [0.15, 0.2) is 11.6 Å². The van der Waals surface area contributed by atoms with Crippen LogP contribution in [-0.4, -0.2) is 6.03 Å². The average Bonchev–Trinajstić information content (AvgIpc) is 2.03. The number of urea groups is 1. The molecule has 2 amide bonds. The van der Waals surface area contributed by atoms with Gasteiger partial charge in [-0.3, -0.25) is 0 Å². The van der Waals surface area contributed by atoms with Gasteiger partial charge in [0.2, 0.25) is 0 Å². The van der Waals surface area contributed by atoms with Crippen LogP contribution in [0.1, 0.15) is 0 Å². The molecule has 1 aromatic rings. The molecule has 0 fully saturated rings. The predicted octanol–water partition coefficient (Wildman–Crippen LogP) is 1.69. The maximum atomic E-state index is 12.9. The molecule has 1 rings (SSSR count). The summed E-state index contributed by atoms with van der Waals surface area (Å²) < 4.78 is 26.3. The summed E-state index contributed by atoms with van der Waals surface area (Å²) in [5, 5.41) is 0. The number of amides is 2. The van der Waals surface area contributed by atoms with E-state index in [1.165, 1.54) is 6.07 Å². The van der Waals surface area contributed by atoms with E-state index in [9.17, 15) is 13.6 Å². The van der Waals surface area contributed by atoms with Gasteiger partial charge < -0.3 is 5.73 Å². The minimum atomic E-state index is -1.05. The van der Waals surface area contributed by atoms with Crippen molar-refractivity contribution in [1.82, 2.24) is 0 Å². The van der Waals surface area contributed by atoms with Crippen LogP contribution >= 0.6 is 12.8 Å². The van der Waals surface area contributed by atoms with Crippen LogP contribution in [0.4, 0.5) is 19.3 Å². The van der Waals surface area contributed by atoms with Crippen molar-refractivity contribution in [2.75, 3.05) is 4.31 Å². The van der Waals surface area contributed by atoms with Crippen LogP contribution in [-0.2, 0) is 0 Å². The van der Waals surface area contributed by atoms with Gasteiger partial charge in [0, 0.05) is 0 Å². The normalized spacial score (nSPS) is 9.77. The molecule has 0 unspecified atom stereocenters. The molecule has 0 heterocycles. The van der Waals surface area contributed by atoms with E-state index in [0.717, 1.165) is 12.1 Å². The largest absolute Gasteiger partial charge is 0.350 e. The van der Waals surface area contributed by atoms with E-state index in [-0.39, 0.29) is 0 Å². The molecule has 0 atom stereocenters. The number of hydrogen-bond donors (Lipinski definition) is 2. The highest BCUT2D eigenvalue weighted by Crippen LogP contribution is 2.23. The topological polar surface area (TPSA) is 46.3 Å². The molecular formula is C7H6F2N2OS. The number of hydrogen-bond acceptors (Lipinski definition) is 2. The number of thiol groups is 1. The molecule has 0 aliphatic rings. The lowest BCUT2D eigenvalue weighted by atomic mass is 10.3. The monoisotopic (exact) mass is 204 g/mol. The molecule has 70 valence electrons. The zero-order chi connectivity index (χ0) is 10.0. The van der Waals surface area contributed by atoms with Crippen molar-refractivity contribution in [2.24, 2.45) is 5.73 Å². The molecule has 13 heavy (non-hydrogen) atoms. The first-order valence-corrected chi connectivity index (χ1v) is 3.66. The fraction of sp³-hybridized carbons (Fsp3) is 0. The average molecular weight is 204 g/mol. The van der Waals surface area contributed by atoms with Gasteiger partial charge >= 0.3 is 6.03 Å². The van der Waals surface area contributed by atoms with Gasteiger partial charge in [-0.15, -0.1) is 0 Å². The first-order chi connectivity index (χ1) is 6.04. The molecule has 0 saturated heterocycles. The Morgan fingerprint density at radius 1 is 1.38 bits per heavy atom. The molecule has 0 aliphatic carbocycles. The third-order valence-electron chi connectivity index (χ3n) is 1.36. The van der Waals surface area contributed by atoms with E-state index in [1.807, 2.05) is 0 Å². The summed E-state index contributed by atoms with van der Waals surface area (Å²) >= 11 is 3.53. The molecule has 0 bridgehead atoms. The Bertz CT molecular complexity index is 325. The second-order valence-electron chi connectivity index (χ2n) is 2.22. The molecule has 0 saturated carbocycles. The maximum absolute atomic E-state index is 12.9. The van der Waals surface area contributed by atoms with Crippen molar-refractivity contribution in [2.45, 2.75) is 0 Å². The lowest BCUT2D eigenvalue weighted by molar-refractivity contribution is 0.257. The lowest BCUT2D eigenvalue weighted by Gasteiger charge is -2.13. The summed E-state index contributed by atoms with van der Waals surface area (Å²) in [5.41, 5.74) is 4.21. The maximum Gasteiger partial charge on any atom is 0.329 e. The number of para-hydroxylation sites is 1. The second-order valence-corrected chi connectivity index (χ2v) is 2.62. The summed E-state index contributed by atoms with van der Waals surface area (Å²) in [5.74, 6) is -1.79. The SMILES string of the molecule is NC(=O)N(S)c1c(F)cccc1F. The van der Waals surface area contributed by atoms with Crippen LogP contribution in [0.25, 0.3) is 0 Å². The molecular weight excluding hydrogens is 198 g/mol. The fourth-order valence-corrected chi connectivity index (χ4v) is 0.993. The van der Waals surface area contributed by atoms with Crippen molar-refractivity contribution >= 4 is 24.5 Å². The van der Waals surface area contributed by atoms with Crippen molar-refractivity contribution in [3.05, 3.63) is 29.8 Å². The number of benzene rings is 1. The highest BCUT2D eigenvalue weighted by Gasteiger charge is 2.17. The molecule has 1 aromatic carbocycles. The zero-order valence-corrected chi connectivity index (χ0v) is 7.26. The Morgan fingerprint density at radius 3 is 2.23 bits per heavy atom. The van der Waals surface area contributed by atoms with Gasteiger partial charge in [-0.25, -0.2) is 17.9 Å². The number of primary amides is 1. The number of anilines is 1. The molecule has 0 radical (unpaired) electrons. The second kappa shape index (κ2) is 3.61. The number of carbonyl (C=O) groups excluding carboxylic acids is 1. The van der Waals surface area contributed by atoms with Crippen molar-refractivity contribution in [3.63, 3.8) is 0 Å². The minimum Gasteiger partial charge on any atom is -0.350 e. The molecule has 6 heteroatoms. The van der Waals surface area contributed by atoms with Crippen LogP contribution in [0, 0.1) is 11.6 Å². The molecule has 0 spiro atoms. The smallest absolute Gasteiger partial charge is 0.329 e. The van der Waals surface area contributed by atoms with E-state index in [4.69, 9.17) is 5.73 Å². The Hall–Kier alpha value is -1.30. The molecule has 0 aliphatic heterocycles. The van der Waals surface area contributed by atoms with E-state index < -0.39 is 23.4 Å². The van der Waals surface area contributed by atoms with Crippen LogP contribution in [0.5, 0.6) is 0 Å². The molecule has 0 aromatic heterocycles. The number of halogens is 2. The number of nitrogens with two attached hydrogens (primary N) is 1. The highest BCUT2D eigenvalue weighted by atomic mass is 32.1. The number of rotatable bonds is 1. The summed E-state index contributed by atoms with van der Waals surface area (Å²) in [7, 11) is 0. The van der Waals surface area contributed by atoms with Crippen molar-refractivity contribution in [3.8, 4) is 0 Å². The summed E-state index contributed by atoms with van der Waals surface area (Å²) in [4.78, 5) is 10.5. The first-order valence-electron chi connectivity index (χ1n) is 3.26. The fourth-order valence-electron chi connectivity index (χ4n) is 0.802. The summed E-state index contributed by atoms with van der Waals surface area (Å²) in [6, 6.07) is 2.14. The van der Waals surface area contributed by atoms with Gasteiger partial charge in [0.05, 0.1) is 0 Å². The van der Waals surface area contributed by atoms with Crippen LogP contribution in [0.3, 0.4) is 0 Å². The lowest BCUT2D eigenvalue weighted by Crippen LogP contribution is -2.28. The van der Waals surface area contributed by atoms with Crippen LogP contribution in [0.15, 0.2) is 18.2 Å². The van der Waals surface area contributed by atoms with Crippen LogP contribution < -0.4 is 10.0 Å². The van der Waals surface area contributed by atoms with Gasteiger partial charge in [-0.2, -0.15) is 0 Å². The van der Waals surface area contributed by atoms with Gasteiger partial charge in [-0.1, -0.05) is 18.9 Å². The predicted molar refractivity (Wildman–Crippen MR) is 47.4 cm³/mol. The standard InChI is InChI=1S/C7H6F2N2OS/c8-4-2-1-3-5(9)6(4)11(13)7(10)12/h1-3,13H,(H2,10,12). The van der Waals surface area contributed by atoms with Gasteiger partial charge in [-0.05, 0) is 12.1 Å². The van der Waals surface area contributed by atoms with E-state index in [1.54, 1.807) is 0 Å². The summed E-state index contributed by atoms with van der Waals surface area (Å²) in [6.45, 7) is 0. The Labute approximate surface area is 78.7 Å².